The fourth-order valence-electron chi connectivity index (χ4n) is 1.59. The molecule has 0 atom stereocenters. The minimum atomic E-state index is 0.755. The molecule has 0 amide bonds. The predicted octanol–water partition coefficient (Wildman–Crippen LogP) is 4.33. The molecule has 0 radical (unpaired) electrons. The lowest BCUT2D eigenvalue weighted by Crippen LogP contribution is -2.12. The first-order valence-corrected chi connectivity index (χ1v) is 7.79. The number of hydrogen-bond donors (Lipinski definition) is 1. The summed E-state index contributed by atoms with van der Waals surface area (Å²) in [5.41, 5.74) is 4.99. The van der Waals surface area contributed by atoms with E-state index in [0.717, 1.165) is 16.4 Å². The molecule has 0 saturated heterocycles. The van der Waals surface area contributed by atoms with Gasteiger partial charge in [-0.05, 0) is 30.0 Å². The molecular weight excluding hydrogens is 278 g/mol. The quantitative estimate of drug-likeness (QED) is 0.518. The van der Waals surface area contributed by atoms with Crippen molar-refractivity contribution in [2.24, 2.45) is 10.1 Å². The molecule has 0 aliphatic rings. The SMILES string of the molecule is CSC(=Nc1ccccc1)NN=CC=Cc1ccccc1. The Morgan fingerprint density at radius 3 is 2.33 bits per heavy atom. The number of nitrogens with zero attached hydrogens (tertiary/aromatic N) is 2. The van der Waals surface area contributed by atoms with Crippen molar-refractivity contribution in [3.05, 3.63) is 72.3 Å². The van der Waals surface area contributed by atoms with Crippen molar-refractivity contribution in [1.82, 2.24) is 5.43 Å². The lowest BCUT2D eigenvalue weighted by molar-refractivity contribution is 1.05. The summed E-state index contributed by atoms with van der Waals surface area (Å²) in [6.07, 6.45) is 7.56. The van der Waals surface area contributed by atoms with Crippen molar-refractivity contribution in [1.29, 1.82) is 0 Å². The number of allylic oxidation sites excluding steroid dienone is 1. The molecule has 2 aromatic carbocycles. The number of benzene rings is 2. The second-order valence-corrected chi connectivity index (χ2v) is 4.91. The lowest BCUT2D eigenvalue weighted by Gasteiger charge is -2.01. The molecule has 1 N–H and O–H groups in total. The highest BCUT2D eigenvalue weighted by Gasteiger charge is 1.94. The van der Waals surface area contributed by atoms with Crippen molar-refractivity contribution in [3.63, 3.8) is 0 Å². The molecule has 2 aromatic rings. The van der Waals surface area contributed by atoms with Gasteiger partial charge in [0.1, 0.15) is 0 Å². The van der Waals surface area contributed by atoms with Crippen molar-refractivity contribution >= 4 is 34.9 Å². The van der Waals surface area contributed by atoms with E-state index in [1.54, 1.807) is 6.21 Å². The Morgan fingerprint density at radius 1 is 1.00 bits per heavy atom. The Balaban J connectivity index is 1.90. The Labute approximate surface area is 129 Å². The van der Waals surface area contributed by atoms with Crippen LogP contribution in [0.3, 0.4) is 0 Å². The number of thioether (sulfide) groups is 1. The predicted molar refractivity (Wildman–Crippen MR) is 94.2 cm³/mol. The van der Waals surface area contributed by atoms with Crippen molar-refractivity contribution in [2.75, 3.05) is 6.26 Å². The Kier molecular flexibility index (Phi) is 6.29. The molecular formula is C17H17N3S. The highest BCUT2D eigenvalue weighted by atomic mass is 32.2. The highest BCUT2D eigenvalue weighted by Crippen LogP contribution is 2.12. The van der Waals surface area contributed by atoms with Crippen LogP contribution in [0.15, 0.2) is 76.8 Å². The summed E-state index contributed by atoms with van der Waals surface area (Å²) in [5.74, 6) is 0. The van der Waals surface area contributed by atoms with Crippen molar-refractivity contribution in [3.8, 4) is 0 Å². The summed E-state index contributed by atoms with van der Waals surface area (Å²) in [4.78, 5) is 4.46. The van der Waals surface area contributed by atoms with E-state index < -0.39 is 0 Å². The first kappa shape index (κ1) is 15.1. The monoisotopic (exact) mass is 295 g/mol. The zero-order chi connectivity index (χ0) is 14.8. The van der Waals surface area contributed by atoms with Gasteiger partial charge in [0, 0.05) is 6.21 Å². The summed E-state index contributed by atoms with van der Waals surface area (Å²) in [5, 5.41) is 4.90. The second kappa shape index (κ2) is 8.76. The minimum absolute atomic E-state index is 0.755. The van der Waals surface area contributed by atoms with Gasteiger partial charge in [-0.2, -0.15) is 5.10 Å². The molecule has 0 aromatic heterocycles. The van der Waals surface area contributed by atoms with E-state index in [2.05, 4.69) is 15.5 Å². The number of rotatable bonds is 4. The van der Waals surface area contributed by atoms with E-state index in [1.165, 1.54) is 11.8 Å². The number of nitrogens with one attached hydrogen (secondary N) is 1. The Hall–Kier alpha value is -2.33. The third-order valence-corrected chi connectivity index (χ3v) is 3.16. The normalized spacial score (nSPS) is 12.1. The first-order chi connectivity index (χ1) is 10.4. The number of amidine groups is 1. The van der Waals surface area contributed by atoms with Crippen LogP contribution in [0, 0.1) is 0 Å². The molecule has 0 fully saturated rings. The first-order valence-electron chi connectivity index (χ1n) is 6.57. The lowest BCUT2D eigenvalue weighted by atomic mass is 10.2. The molecule has 106 valence electrons. The fraction of sp³-hybridized carbons (Fsp3) is 0.0588. The smallest absolute Gasteiger partial charge is 0.182 e. The molecule has 0 aliphatic carbocycles. The summed E-state index contributed by atoms with van der Waals surface area (Å²) in [6, 6.07) is 19.9. The van der Waals surface area contributed by atoms with Crippen molar-refractivity contribution in [2.45, 2.75) is 0 Å². The van der Waals surface area contributed by atoms with Gasteiger partial charge in [0.15, 0.2) is 5.17 Å². The number of hydrogen-bond acceptors (Lipinski definition) is 3. The maximum absolute atomic E-state index is 4.46. The van der Waals surface area contributed by atoms with Gasteiger partial charge in [0.25, 0.3) is 0 Å². The molecule has 4 heteroatoms. The molecule has 0 saturated carbocycles. The van der Waals surface area contributed by atoms with E-state index in [4.69, 9.17) is 0 Å². The number of aliphatic imine (C=N–C) groups is 1. The minimum Gasteiger partial charge on any atom is -0.256 e. The van der Waals surface area contributed by atoms with Crippen LogP contribution >= 0.6 is 11.8 Å². The van der Waals surface area contributed by atoms with Gasteiger partial charge in [-0.3, -0.25) is 5.43 Å². The van der Waals surface area contributed by atoms with Crippen molar-refractivity contribution < 1.29 is 0 Å². The molecule has 0 heterocycles. The molecule has 0 spiro atoms. The van der Waals surface area contributed by atoms with E-state index >= 15 is 0 Å². The summed E-state index contributed by atoms with van der Waals surface area (Å²) in [6.45, 7) is 0. The summed E-state index contributed by atoms with van der Waals surface area (Å²) < 4.78 is 0. The summed E-state index contributed by atoms with van der Waals surface area (Å²) in [7, 11) is 0. The van der Waals surface area contributed by atoms with E-state index in [9.17, 15) is 0 Å². The van der Waals surface area contributed by atoms with Gasteiger partial charge in [-0.25, -0.2) is 4.99 Å². The van der Waals surface area contributed by atoms with Gasteiger partial charge in [0.2, 0.25) is 0 Å². The molecule has 3 nitrogen and oxygen atoms in total. The number of para-hydroxylation sites is 1. The standard InChI is InChI=1S/C17H17N3S/c1-21-17(19-16-12-6-3-7-13-16)20-18-14-8-11-15-9-4-2-5-10-15/h2-14H,1H3,(H,19,20). The Morgan fingerprint density at radius 2 is 1.67 bits per heavy atom. The average molecular weight is 295 g/mol. The zero-order valence-corrected chi connectivity index (χ0v) is 12.6. The van der Waals surface area contributed by atoms with Gasteiger partial charge in [0.05, 0.1) is 5.69 Å². The van der Waals surface area contributed by atoms with Crippen LogP contribution < -0.4 is 5.43 Å². The summed E-state index contributed by atoms with van der Waals surface area (Å²) >= 11 is 1.52. The third kappa shape index (κ3) is 5.67. The molecule has 21 heavy (non-hydrogen) atoms. The molecule has 2 rings (SSSR count). The molecule has 0 bridgehead atoms. The van der Waals surface area contributed by atoms with Gasteiger partial charge in [-0.15, -0.1) is 0 Å². The van der Waals surface area contributed by atoms with Gasteiger partial charge < -0.3 is 0 Å². The van der Waals surface area contributed by atoms with Crippen LogP contribution in [0.25, 0.3) is 6.08 Å². The van der Waals surface area contributed by atoms with Gasteiger partial charge in [-0.1, -0.05) is 66.4 Å². The maximum atomic E-state index is 4.46. The van der Waals surface area contributed by atoms with Crippen LogP contribution in [0.4, 0.5) is 5.69 Å². The van der Waals surface area contributed by atoms with Crippen LogP contribution in [0.2, 0.25) is 0 Å². The third-order valence-electron chi connectivity index (χ3n) is 2.59. The Bertz CT molecular complexity index is 619. The maximum Gasteiger partial charge on any atom is 0.182 e. The van der Waals surface area contributed by atoms with Crippen LogP contribution in [-0.2, 0) is 0 Å². The van der Waals surface area contributed by atoms with E-state index in [0.29, 0.717) is 0 Å². The topological polar surface area (TPSA) is 36.8 Å². The number of hydrazone groups is 1. The van der Waals surface area contributed by atoms with E-state index in [-0.39, 0.29) is 0 Å². The second-order valence-electron chi connectivity index (χ2n) is 4.12. The average Bonchev–Trinajstić information content (AvgIpc) is 2.55. The van der Waals surface area contributed by atoms with Crippen LogP contribution in [-0.4, -0.2) is 17.6 Å². The van der Waals surface area contributed by atoms with Gasteiger partial charge >= 0.3 is 0 Å². The highest BCUT2D eigenvalue weighted by molar-refractivity contribution is 8.13. The largest absolute Gasteiger partial charge is 0.256 e. The molecule has 0 aliphatic heterocycles. The van der Waals surface area contributed by atoms with Crippen LogP contribution in [0.5, 0.6) is 0 Å². The molecule has 0 unspecified atom stereocenters. The van der Waals surface area contributed by atoms with E-state index in [1.807, 2.05) is 79.1 Å². The zero-order valence-electron chi connectivity index (χ0n) is 11.8. The van der Waals surface area contributed by atoms with Crippen LogP contribution in [0.1, 0.15) is 5.56 Å². The fourth-order valence-corrected chi connectivity index (χ4v) is 1.93.